The molecule has 2 atom stereocenters. The van der Waals surface area contributed by atoms with E-state index in [-0.39, 0.29) is 11.9 Å². The standard InChI is InChI=1S/C11H23N3O/c1-5-14-9(2)6-7-13(4)11(15)10(14)8-12-3/h9-10,12H,5-8H2,1-4H3. The Morgan fingerprint density at radius 1 is 1.53 bits per heavy atom. The van der Waals surface area contributed by atoms with Gasteiger partial charge in [0.2, 0.25) is 5.91 Å². The van der Waals surface area contributed by atoms with E-state index in [1.807, 2.05) is 19.0 Å². The van der Waals surface area contributed by atoms with Crippen molar-refractivity contribution in [1.29, 1.82) is 0 Å². The Bertz CT molecular complexity index is 220. The first-order valence-corrected chi connectivity index (χ1v) is 5.77. The van der Waals surface area contributed by atoms with Gasteiger partial charge in [-0.3, -0.25) is 9.69 Å². The molecule has 4 nitrogen and oxygen atoms in total. The first kappa shape index (κ1) is 12.5. The highest BCUT2D eigenvalue weighted by Crippen LogP contribution is 2.15. The summed E-state index contributed by atoms with van der Waals surface area (Å²) in [6, 6.07) is 0.491. The Labute approximate surface area is 92.6 Å². The molecular formula is C11H23N3O. The lowest BCUT2D eigenvalue weighted by atomic mass is 10.1. The van der Waals surface area contributed by atoms with Gasteiger partial charge < -0.3 is 10.2 Å². The summed E-state index contributed by atoms with van der Waals surface area (Å²) in [4.78, 5) is 16.2. The molecule has 0 bridgehead atoms. The molecular weight excluding hydrogens is 190 g/mol. The fourth-order valence-corrected chi connectivity index (χ4v) is 2.29. The lowest BCUT2D eigenvalue weighted by Crippen LogP contribution is -2.51. The summed E-state index contributed by atoms with van der Waals surface area (Å²) in [6.07, 6.45) is 1.07. The van der Waals surface area contributed by atoms with Gasteiger partial charge in [0.25, 0.3) is 0 Å². The summed E-state index contributed by atoms with van der Waals surface area (Å²) in [5.41, 5.74) is 0. The molecule has 0 spiro atoms. The third-order valence-corrected chi connectivity index (χ3v) is 3.27. The van der Waals surface area contributed by atoms with E-state index in [1.165, 1.54) is 0 Å². The average Bonchev–Trinajstić information content (AvgIpc) is 2.32. The van der Waals surface area contributed by atoms with E-state index < -0.39 is 0 Å². The second kappa shape index (κ2) is 5.47. The van der Waals surface area contributed by atoms with Crippen LogP contribution < -0.4 is 5.32 Å². The Morgan fingerprint density at radius 2 is 2.20 bits per heavy atom. The van der Waals surface area contributed by atoms with Crippen LogP contribution in [0.1, 0.15) is 20.3 Å². The molecule has 0 aromatic carbocycles. The van der Waals surface area contributed by atoms with Crippen LogP contribution in [0, 0.1) is 0 Å². The van der Waals surface area contributed by atoms with Crippen LogP contribution in [0.25, 0.3) is 0 Å². The maximum atomic E-state index is 12.1. The lowest BCUT2D eigenvalue weighted by Gasteiger charge is -2.32. The number of nitrogens with one attached hydrogen (secondary N) is 1. The molecule has 15 heavy (non-hydrogen) atoms. The molecule has 88 valence electrons. The molecule has 1 rings (SSSR count). The highest BCUT2D eigenvalue weighted by atomic mass is 16.2. The van der Waals surface area contributed by atoms with E-state index in [0.717, 1.165) is 26.1 Å². The number of rotatable bonds is 3. The average molecular weight is 213 g/mol. The Morgan fingerprint density at radius 3 is 2.73 bits per heavy atom. The van der Waals surface area contributed by atoms with Gasteiger partial charge in [0, 0.05) is 26.2 Å². The predicted octanol–water partition coefficient (Wildman–Crippen LogP) is 0.147. The molecule has 1 aliphatic rings. The smallest absolute Gasteiger partial charge is 0.240 e. The first-order valence-electron chi connectivity index (χ1n) is 5.77. The highest BCUT2D eigenvalue weighted by molar-refractivity contribution is 5.82. The van der Waals surface area contributed by atoms with E-state index in [0.29, 0.717) is 6.04 Å². The van der Waals surface area contributed by atoms with Crippen LogP contribution in [-0.4, -0.2) is 61.5 Å². The molecule has 2 unspecified atom stereocenters. The third-order valence-electron chi connectivity index (χ3n) is 3.27. The summed E-state index contributed by atoms with van der Waals surface area (Å²) >= 11 is 0. The molecule has 1 saturated heterocycles. The predicted molar refractivity (Wildman–Crippen MR) is 61.8 cm³/mol. The van der Waals surface area contributed by atoms with E-state index in [4.69, 9.17) is 0 Å². The number of hydrogen-bond donors (Lipinski definition) is 1. The molecule has 1 amide bonds. The fourth-order valence-electron chi connectivity index (χ4n) is 2.29. The largest absolute Gasteiger partial charge is 0.344 e. The molecule has 0 aromatic heterocycles. The van der Waals surface area contributed by atoms with E-state index in [1.54, 1.807) is 0 Å². The molecule has 0 radical (unpaired) electrons. The summed E-state index contributed by atoms with van der Waals surface area (Å²) < 4.78 is 0. The van der Waals surface area contributed by atoms with Crippen molar-refractivity contribution in [2.45, 2.75) is 32.4 Å². The monoisotopic (exact) mass is 213 g/mol. The highest BCUT2D eigenvalue weighted by Gasteiger charge is 2.32. The van der Waals surface area contributed by atoms with Gasteiger partial charge in [0.05, 0.1) is 0 Å². The van der Waals surface area contributed by atoms with Crippen LogP contribution in [0.4, 0.5) is 0 Å². The van der Waals surface area contributed by atoms with Crippen molar-refractivity contribution in [2.24, 2.45) is 0 Å². The Hall–Kier alpha value is -0.610. The van der Waals surface area contributed by atoms with Gasteiger partial charge in [-0.1, -0.05) is 6.92 Å². The zero-order chi connectivity index (χ0) is 11.4. The number of nitrogens with zero attached hydrogens (tertiary/aromatic N) is 2. The molecule has 4 heteroatoms. The van der Waals surface area contributed by atoms with Crippen LogP contribution in [0.5, 0.6) is 0 Å². The minimum absolute atomic E-state index is 0.00231. The SMILES string of the molecule is CCN1C(C)CCN(C)C(=O)C1CNC. The van der Waals surface area contributed by atoms with Crippen molar-refractivity contribution < 1.29 is 4.79 Å². The normalized spacial score (nSPS) is 29.3. The van der Waals surface area contributed by atoms with Crippen molar-refractivity contribution in [3.05, 3.63) is 0 Å². The topological polar surface area (TPSA) is 35.6 Å². The van der Waals surface area contributed by atoms with Crippen molar-refractivity contribution in [1.82, 2.24) is 15.1 Å². The molecule has 1 aliphatic heterocycles. The summed E-state index contributed by atoms with van der Waals surface area (Å²) in [7, 11) is 3.80. The number of likely N-dealkylation sites (N-methyl/N-ethyl adjacent to an activating group) is 3. The maximum Gasteiger partial charge on any atom is 0.240 e. The minimum atomic E-state index is 0.00231. The number of hydrogen-bond acceptors (Lipinski definition) is 3. The van der Waals surface area contributed by atoms with E-state index in [9.17, 15) is 4.79 Å². The van der Waals surface area contributed by atoms with Crippen molar-refractivity contribution in [2.75, 3.05) is 33.7 Å². The zero-order valence-electron chi connectivity index (χ0n) is 10.3. The van der Waals surface area contributed by atoms with Crippen LogP contribution in [0.3, 0.4) is 0 Å². The molecule has 0 aliphatic carbocycles. The van der Waals surface area contributed by atoms with Gasteiger partial charge in [-0.2, -0.15) is 0 Å². The lowest BCUT2D eigenvalue weighted by molar-refractivity contribution is -0.134. The summed E-state index contributed by atoms with van der Waals surface area (Å²) in [5.74, 6) is 0.246. The molecule has 1 heterocycles. The van der Waals surface area contributed by atoms with Crippen LogP contribution in [0.2, 0.25) is 0 Å². The van der Waals surface area contributed by atoms with Crippen molar-refractivity contribution >= 4 is 5.91 Å². The third kappa shape index (κ3) is 2.69. The second-order valence-corrected chi connectivity index (χ2v) is 4.30. The molecule has 1 N–H and O–H groups in total. The fraction of sp³-hybridized carbons (Fsp3) is 0.909. The van der Waals surface area contributed by atoms with Gasteiger partial charge in [-0.25, -0.2) is 0 Å². The number of amides is 1. The second-order valence-electron chi connectivity index (χ2n) is 4.30. The van der Waals surface area contributed by atoms with Gasteiger partial charge in [-0.05, 0) is 26.9 Å². The Balaban J connectivity index is 2.83. The van der Waals surface area contributed by atoms with Gasteiger partial charge in [-0.15, -0.1) is 0 Å². The summed E-state index contributed by atoms with van der Waals surface area (Å²) in [5, 5.41) is 3.11. The number of carbonyl (C=O) groups excluding carboxylic acids is 1. The number of carbonyl (C=O) groups is 1. The minimum Gasteiger partial charge on any atom is -0.344 e. The van der Waals surface area contributed by atoms with Crippen LogP contribution >= 0.6 is 0 Å². The van der Waals surface area contributed by atoms with Gasteiger partial charge in [0.1, 0.15) is 6.04 Å². The van der Waals surface area contributed by atoms with Crippen LogP contribution in [-0.2, 0) is 4.79 Å². The van der Waals surface area contributed by atoms with Crippen molar-refractivity contribution in [3.8, 4) is 0 Å². The quantitative estimate of drug-likeness (QED) is 0.725. The van der Waals surface area contributed by atoms with Gasteiger partial charge in [0.15, 0.2) is 0 Å². The first-order chi connectivity index (χ1) is 7.11. The summed E-state index contributed by atoms with van der Waals surface area (Å²) in [6.45, 7) is 6.88. The van der Waals surface area contributed by atoms with E-state index in [2.05, 4.69) is 24.1 Å². The van der Waals surface area contributed by atoms with Crippen molar-refractivity contribution in [3.63, 3.8) is 0 Å². The molecule has 1 fully saturated rings. The van der Waals surface area contributed by atoms with E-state index >= 15 is 0 Å². The Kier molecular flexibility index (Phi) is 4.54. The maximum absolute atomic E-state index is 12.1. The molecule has 0 saturated carbocycles. The molecule has 0 aromatic rings. The zero-order valence-corrected chi connectivity index (χ0v) is 10.3. The van der Waals surface area contributed by atoms with Gasteiger partial charge >= 0.3 is 0 Å². The van der Waals surface area contributed by atoms with Crippen LogP contribution in [0.15, 0.2) is 0 Å².